The lowest BCUT2D eigenvalue weighted by Crippen LogP contribution is -2.30. The van der Waals surface area contributed by atoms with Crippen molar-refractivity contribution in [2.45, 2.75) is 271 Å². The Kier molecular flexibility index (Phi) is 53.9. The van der Waals surface area contributed by atoms with E-state index in [2.05, 4.69) is 118 Å². The van der Waals surface area contributed by atoms with Crippen LogP contribution in [0.1, 0.15) is 265 Å². The number of esters is 3. The van der Waals surface area contributed by atoms with Gasteiger partial charge in [0.15, 0.2) is 6.10 Å². The van der Waals surface area contributed by atoms with Gasteiger partial charge in [-0.05, 0) is 89.9 Å². The summed E-state index contributed by atoms with van der Waals surface area (Å²) in [5.74, 6) is -0.994. The molecule has 0 N–H and O–H groups in total. The van der Waals surface area contributed by atoms with Crippen molar-refractivity contribution in [2.24, 2.45) is 0 Å². The standard InChI is InChI=1S/C63H106O6/c1-4-7-10-13-16-19-22-25-27-29-30-31-32-34-35-38-41-44-47-50-53-56-62(65)68-59-60(58-67-61(64)55-52-49-46-43-40-37-24-21-18-15-12-9-6-3)69-63(66)57-54-51-48-45-42-39-36-33-28-26-23-20-17-14-11-8-5-2/h8-9,11-12,17-18,20-21,26,28,36-37,39-40,45,48,60H,4-7,10,13-16,19,22-25,27,29-35,38,41-44,46-47,49-59H2,1-3H3/b11-8-,12-9-,20-17-,21-18-,28-26-,39-36-,40-37-,48-45-. The number of carbonyl (C=O) groups is 3. The van der Waals surface area contributed by atoms with Crippen molar-refractivity contribution in [3.63, 3.8) is 0 Å². The lowest BCUT2D eigenvalue weighted by Gasteiger charge is -2.18. The first-order valence-electron chi connectivity index (χ1n) is 28.7. The van der Waals surface area contributed by atoms with Crippen LogP contribution in [0.25, 0.3) is 0 Å². The van der Waals surface area contributed by atoms with E-state index in [-0.39, 0.29) is 37.5 Å². The van der Waals surface area contributed by atoms with Gasteiger partial charge in [-0.1, -0.05) is 253 Å². The van der Waals surface area contributed by atoms with Gasteiger partial charge in [-0.3, -0.25) is 14.4 Å². The Morgan fingerprint density at radius 3 is 0.928 bits per heavy atom. The molecule has 0 spiro atoms. The first kappa shape index (κ1) is 65.3. The highest BCUT2D eigenvalue weighted by Gasteiger charge is 2.19. The highest BCUT2D eigenvalue weighted by Crippen LogP contribution is 2.16. The van der Waals surface area contributed by atoms with Crippen molar-refractivity contribution in [3.05, 3.63) is 97.2 Å². The average molecular weight is 960 g/mol. The Hall–Kier alpha value is -3.67. The van der Waals surface area contributed by atoms with Gasteiger partial charge in [0.25, 0.3) is 0 Å². The van der Waals surface area contributed by atoms with Crippen molar-refractivity contribution in [3.8, 4) is 0 Å². The van der Waals surface area contributed by atoms with Crippen LogP contribution in [0.4, 0.5) is 0 Å². The third-order valence-electron chi connectivity index (χ3n) is 12.1. The molecule has 6 nitrogen and oxygen atoms in total. The molecule has 0 aromatic rings. The molecule has 0 aromatic carbocycles. The minimum atomic E-state index is -0.819. The molecular weight excluding hydrogens is 853 g/mol. The summed E-state index contributed by atoms with van der Waals surface area (Å²) in [7, 11) is 0. The monoisotopic (exact) mass is 959 g/mol. The van der Waals surface area contributed by atoms with Crippen molar-refractivity contribution in [1.82, 2.24) is 0 Å². The molecule has 1 unspecified atom stereocenters. The first-order valence-corrected chi connectivity index (χ1v) is 28.7. The zero-order chi connectivity index (χ0) is 50.0. The molecule has 0 heterocycles. The number of unbranched alkanes of at least 4 members (excludes halogenated alkanes) is 24. The molecule has 0 aromatic heterocycles. The fraction of sp³-hybridized carbons (Fsp3) is 0.698. The number of rotatable bonds is 51. The van der Waals surface area contributed by atoms with Crippen LogP contribution in [0.5, 0.6) is 0 Å². The van der Waals surface area contributed by atoms with Crippen molar-refractivity contribution in [1.29, 1.82) is 0 Å². The summed E-state index contributed by atoms with van der Waals surface area (Å²) in [5.41, 5.74) is 0. The van der Waals surface area contributed by atoms with Gasteiger partial charge in [-0.15, -0.1) is 0 Å². The summed E-state index contributed by atoms with van der Waals surface area (Å²) in [5, 5.41) is 0. The zero-order valence-corrected chi connectivity index (χ0v) is 45.0. The minimum absolute atomic E-state index is 0.108. The maximum absolute atomic E-state index is 12.8. The molecule has 394 valence electrons. The molecule has 0 aliphatic rings. The SMILES string of the molecule is CC/C=C\C/C=C\C/C=C\C/C=C\C/C=C\CCCC(=O)OC(COC(=O)CCCCC/C=C\C/C=C\C/C=C\CC)COC(=O)CCCCCCCCCCCCCCCCCCCCCCC. The van der Waals surface area contributed by atoms with Crippen LogP contribution < -0.4 is 0 Å². The van der Waals surface area contributed by atoms with Crippen LogP contribution in [0.2, 0.25) is 0 Å². The second-order valence-corrected chi connectivity index (χ2v) is 18.8. The summed E-state index contributed by atoms with van der Waals surface area (Å²) in [6.45, 7) is 6.35. The van der Waals surface area contributed by atoms with Crippen molar-refractivity contribution in [2.75, 3.05) is 13.2 Å². The molecule has 6 heteroatoms. The summed E-state index contributed by atoms with van der Waals surface area (Å²) in [6, 6.07) is 0. The van der Waals surface area contributed by atoms with E-state index in [1.807, 2.05) is 0 Å². The van der Waals surface area contributed by atoms with E-state index in [4.69, 9.17) is 14.2 Å². The molecule has 0 saturated heterocycles. The summed E-state index contributed by atoms with van der Waals surface area (Å²) < 4.78 is 16.8. The van der Waals surface area contributed by atoms with Gasteiger partial charge in [0.1, 0.15) is 13.2 Å². The van der Waals surface area contributed by atoms with Crippen LogP contribution in [-0.4, -0.2) is 37.2 Å². The molecule has 0 aliphatic carbocycles. The molecule has 0 aliphatic heterocycles. The largest absolute Gasteiger partial charge is 0.462 e. The summed E-state index contributed by atoms with van der Waals surface area (Å²) in [4.78, 5) is 38.1. The molecule has 0 fully saturated rings. The van der Waals surface area contributed by atoms with E-state index in [1.165, 1.54) is 116 Å². The third kappa shape index (κ3) is 55.1. The highest BCUT2D eigenvalue weighted by atomic mass is 16.6. The van der Waals surface area contributed by atoms with Crippen LogP contribution in [0, 0.1) is 0 Å². The molecule has 0 rings (SSSR count). The second kappa shape index (κ2) is 56.9. The minimum Gasteiger partial charge on any atom is -0.462 e. The van der Waals surface area contributed by atoms with Gasteiger partial charge in [0, 0.05) is 19.3 Å². The Labute approximate surface area is 426 Å². The van der Waals surface area contributed by atoms with Gasteiger partial charge >= 0.3 is 17.9 Å². The summed E-state index contributed by atoms with van der Waals surface area (Å²) >= 11 is 0. The lowest BCUT2D eigenvalue weighted by molar-refractivity contribution is -0.167. The number of hydrogen-bond donors (Lipinski definition) is 0. The van der Waals surface area contributed by atoms with E-state index in [1.54, 1.807) is 0 Å². The zero-order valence-electron chi connectivity index (χ0n) is 45.0. The number of allylic oxidation sites excluding steroid dienone is 16. The predicted octanol–water partition coefficient (Wildman–Crippen LogP) is 19.3. The third-order valence-corrected chi connectivity index (χ3v) is 12.1. The fourth-order valence-electron chi connectivity index (χ4n) is 7.85. The molecular formula is C63H106O6. The second-order valence-electron chi connectivity index (χ2n) is 18.8. The number of carbonyl (C=O) groups excluding carboxylic acids is 3. The molecule has 0 saturated carbocycles. The number of ether oxygens (including phenoxy) is 3. The quantitative estimate of drug-likeness (QED) is 0.0262. The van der Waals surface area contributed by atoms with E-state index >= 15 is 0 Å². The number of hydrogen-bond acceptors (Lipinski definition) is 6. The van der Waals surface area contributed by atoms with Crippen molar-refractivity contribution < 1.29 is 28.6 Å². The Morgan fingerprint density at radius 1 is 0.304 bits per heavy atom. The molecule has 0 amide bonds. The van der Waals surface area contributed by atoms with Gasteiger partial charge in [0.2, 0.25) is 0 Å². The van der Waals surface area contributed by atoms with E-state index < -0.39 is 6.10 Å². The Bertz CT molecular complexity index is 1380. The average Bonchev–Trinajstić information content (AvgIpc) is 3.35. The Morgan fingerprint density at radius 2 is 0.580 bits per heavy atom. The maximum atomic E-state index is 12.8. The van der Waals surface area contributed by atoms with Crippen LogP contribution >= 0.6 is 0 Å². The van der Waals surface area contributed by atoms with Gasteiger partial charge < -0.3 is 14.2 Å². The van der Waals surface area contributed by atoms with Crippen molar-refractivity contribution >= 4 is 17.9 Å². The van der Waals surface area contributed by atoms with E-state index in [9.17, 15) is 14.4 Å². The van der Waals surface area contributed by atoms with Crippen LogP contribution in [-0.2, 0) is 28.6 Å². The lowest BCUT2D eigenvalue weighted by atomic mass is 10.0. The highest BCUT2D eigenvalue weighted by molar-refractivity contribution is 5.71. The predicted molar refractivity (Wildman–Crippen MR) is 297 cm³/mol. The van der Waals surface area contributed by atoms with E-state index in [0.717, 1.165) is 103 Å². The van der Waals surface area contributed by atoms with Gasteiger partial charge in [-0.2, -0.15) is 0 Å². The smallest absolute Gasteiger partial charge is 0.306 e. The van der Waals surface area contributed by atoms with Gasteiger partial charge in [-0.25, -0.2) is 0 Å². The Balaban J connectivity index is 4.43. The first-order chi connectivity index (χ1) is 34.0. The topological polar surface area (TPSA) is 78.9 Å². The molecule has 0 bridgehead atoms. The summed E-state index contributed by atoms with van der Waals surface area (Å²) in [6.07, 6.45) is 75.6. The van der Waals surface area contributed by atoms with Crippen LogP contribution in [0.15, 0.2) is 97.2 Å². The molecule has 1 atom stereocenters. The molecule has 0 radical (unpaired) electrons. The van der Waals surface area contributed by atoms with E-state index in [0.29, 0.717) is 19.3 Å². The fourth-order valence-corrected chi connectivity index (χ4v) is 7.85. The maximum Gasteiger partial charge on any atom is 0.306 e. The van der Waals surface area contributed by atoms with Gasteiger partial charge in [0.05, 0.1) is 0 Å². The van der Waals surface area contributed by atoms with Crippen LogP contribution in [0.3, 0.4) is 0 Å². The molecule has 69 heavy (non-hydrogen) atoms. The normalized spacial score (nSPS) is 12.8.